The standard InChI is InChI=1S/C13H27N3O2S/c1-2-19(17,18)16-9-6-12(7-10-16)15-11-13-5-3-4-8-14-13/h12-15H,2-11H2,1H3. The Kier molecular flexibility index (Phi) is 5.62. The number of hydrogen-bond acceptors (Lipinski definition) is 4. The molecule has 2 heterocycles. The van der Waals surface area contributed by atoms with Gasteiger partial charge < -0.3 is 10.6 Å². The summed E-state index contributed by atoms with van der Waals surface area (Å²) in [5.41, 5.74) is 0. The largest absolute Gasteiger partial charge is 0.313 e. The molecule has 2 aliphatic heterocycles. The third-order valence-corrected chi connectivity index (χ3v) is 6.16. The summed E-state index contributed by atoms with van der Waals surface area (Å²) in [6.45, 7) is 5.22. The number of sulfonamides is 1. The Balaban J connectivity index is 1.68. The van der Waals surface area contributed by atoms with Crippen LogP contribution in [0.5, 0.6) is 0 Å². The van der Waals surface area contributed by atoms with Crippen LogP contribution in [0.4, 0.5) is 0 Å². The number of nitrogens with one attached hydrogen (secondary N) is 2. The lowest BCUT2D eigenvalue weighted by atomic mass is 10.0. The van der Waals surface area contributed by atoms with E-state index in [4.69, 9.17) is 0 Å². The fourth-order valence-corrected chi connectivity index (χ4v) is 4.06. The first kappa shape index (κ1) is 15.2. The third kappa shape index (κ3) is 4.41. The van der Waals surface area contributed by atoms with Crippen LogP contribution in [0.3, 0.4) is 0 Å². The van der Waals surface area contributed by atoms with Crippen molar-refractivity contribution >= 4 is 10.0 Å². The van der Waals surface area contributed by atoms with Crippen molar-refractivity contribution in [2.75, 3.05) is 31.9 Å². The summed E-state index contributed by atoms with van der Waals surface area (Å²) in [4.78, 5) is 0. The predicted octanol–water partition coefficient (Wildman–Crippen LogP) is 0.532. The SMILES string of the molecule is CCS(=O)(=O)N1CCC(NCC2CCCCN2)CC1. The van der Waals surface area contributed by atoms with Crippen LogP contribution in [-0.2, 0) is 10.0 Å². The van der Waals surface area contributed by atoms with Gasteiger partial charge in [-0.1, -0.05) is 6.42 Å². The molecule has 0 bridgehead atoms. The van der Waals surface area contributed by atoms with Crippen molar-refractivity contribution in [3.05, 3.63) is 0 Å². The van der Waals surface area contributed by atoms with Gasteiger partial charge >= 0.3 is 0 Å². The maximum absolute atomic E-state index is 11.8. The smallest absolute Gasteiger partial charge is 0.213 e. The lowest BCUT2D eigenvalue weighted by molar-refractivity contribution is 0.276. The molecule has 2 saturated heterocycles. The molecular formula is C13H27N3O2S. The monoisotopic (exact) mass is 289 g/mol. The molecule has 0 aromatic heterocycles. The molecule has 0 radical (unpaired) electrons. The highest BCUT2D eigenvalue weighted by Crippen LogP contribution is 2.15. The Bertz CT molecular complexity index is 358. The predicted molar refractivity (Wildman–Crippen MR) is 77.7 cm³/mol. The molecule has 5 nitrogen and oxygen atoms in total. The van der Waals surface area contributed by atoms with Gasteiger partial charge in [-0.25, -0.2) is 12.7 Å². The first-order chi connectivity index (χ1) is 9.12. The van der Waals surface area contributed by atoms with Crippen molar-refractivity contribution in [2.24, 2.45) is 0 Å². The van der Waals surface area contributed by atoms with Gasteiger partial charge in [0.25, 0.3) is 0 Å². The second-order valence-corrected chi connectivity index (χ2v) is 7.89. The van der Waals surface area contributed by atoms with Crippen LogP contribution in [0.15, 0.2) is 0 Å². The molecule has 112 valence electrons. The fraction of sp³-hybridized carbons (Fsp3) is 1.00. The maximum Gasteiger partial charge on any atom is 0.213 e. The van der Waals surface area contributed by atoms with E-state index in [9.17, 15) is 8.42 Å². The first-order valence-corrected chi connectivity index (χ1v) is 9.17. The first-order valence-electron chi connectivity index (χ1n) is 7.56. The number of rotatable bonds is 5. The van der Waals surface area contributed by atoms with Crippen LogP contribution in [0.25, 0.3) is 0 Å². The minimum atomic E-state index is -2.99. The quantitative estimate of drug-likeness (QED) is 0.775. The van der Waals surface area contributed by atoms with E-state index in [0.717, 1.165) is 25.9 Å². The number of hydrogen-bond donors (Lipinski definition) is 2. The van der Waals surface area contributed by atoms with E-state index in [1.807, 2.05) is 0 Å². The minimum Gasteiger partial charge on any atom is -0.313 e. The molecule has 2 rings (SSSR count). The van der Waals surface area contributed by atoms with Gasteiger partial charge in [-0.05, 0) is 39.2 Å². The fourth-order valence-electron chi connectivity index (χ4n) is 2.93. The van der Waals surface area contributed by atoms with E-state index in [0.29, 0.717) is 25.2 Å². The normalized spacial score (nSPS) is 27.5. The molecular weight excluding hydrogens is 262 g/mol. The summed E-state index contributed by atoms with van der Waals surface area (Å²) < 4.78 is 25.2. The molecule has 19 heavy (non-hydrogen) atoms. The molecule has 0 aliphatic carbocycles. The molecule has 0 aromatic carbocycles. The zero-order valence-electron chi connectivity index (χ0n) is 11.9. The van der Waals surface area contributed by atoms with Crippen LogP contribution < -0.4 is 10.6 Å². The summed E-state index contributed by atoms with van der Waals surface area (Å²) in [5, 5.41) is 7.13. The van der Waals surface area contributed by atoms with Crippen LogP contribution in [-0.4, -0.2) is 56.7 Å². The highest BCUT2D eigenvalue weighted by atomic mass is 32.2. The maximum atomic E-state index is 11.8. The lowest BCUT2D eigenvalue weighted by Crippen LogP contribution is -2.49. The highest BCUT2D eigenvalue weighted by Gasteiger charge is 2.26. The van der Waals surface area contributed by atoms with Crippen LogP contribution in [0.2, 0.25) is 0 Å². The van der Waals surface area contributed by atoms with Gasteiger partial charge in [-0.3, -0.25) is 0 Å². The van der Waals surface area contributed by atoms with Crippen molar-refractivity contribution in [1.29, 1.82) is 0 Å². The van der Waals surface area contributed by atoms with Crippen molar-refractivity contribution in [3.8, 4) is 0 Å². The molecule has 2 N–H and O–H groups in total. The van der Waals surface area contributed by atoms with E-state index in [1.54, 1.807) is 11.2 Å². The molecule has 0 aromatic rings. The highest BCUT2D eigenvalue weighted by molar-refractivity contribution is 7.89. The third-order valence-electron chi connectivity index (χ3n) is 4.28. The molecule has 0 spiro atoms. The molecule has 2 aliphatic rings. The zero-order valence-corrected chi connectivity index (χ0v) is 12.7. The van der Waals surface area contributed by atoms with Crippen LogP contribution in [0, 0.1) is 0 Å². The van der Waals surface area contributed by atoms with Gasteiger partial charge in [-0.2, -0.15) is 0 Å². The number of piperidine rings is 2. The van der Waals surface area contributed by atoms with Gasteiger partial charge in [0.05, 0.1) is 5.75 Å². The Morgan fingerprint density at radius 2 is 1.95 bits per heavy atom. The van der Waals surface area contributed by atoms with Crippen molar-refractivity contribution < 1.29 is 8.42 Å². The molecule has 1 unspecified atom stereocenters. The van der Waals surface area contributed by atoms with E-state index in [-0.39, 0.29) is 5.75 Å². The summed E-state index contributed by atoms with van der Waals surface area (Å²) >= 11 is 0. The summed E-state index contributed by atoms with van der Waals surface area (Å²) in [7, 11) is -2.99. The second-order valence-electron chi connectivity index (χ2n) is 5.63. The molecule has 0 saturated carbocycles. The van der Waals surface area contributed by atoms with Gasteiger partial charge in [0.1, 0.15) is 0 Å². The molecule has 6 heteroatoms. The minimum absolute atomic E-state index is 0.219. The average molecular weight is 289 g/mol. The van der Waals surface area contributed by atoms with Gasteiger partial charge in [0, 0.05) is 31.7 Å². The molecule has 1 atom stereocenters. The van der Waals surface area contributed by atoms with Crippen molar-refractivity contribution in [1.82, 2.24) is 14.9 Å². The van der Waals surface area contributed by atoms with Gasteiger partial charge in [0.15, 0.2) is 0 Å². The van der Waals surface area contributed by atoms with Gasteiger partial charge in [-0.15, -0.1) is 0 Å². The van der Waals surface area contributed by atoms with Crippen LogP contribution in [0.1, 0.15) is 39.0 Å². The van der Waals surface area contributed by atoms with E-state index >= 15 is 0 Å². The summed E-state index contributed by atoms with van der Waals surface area (Å²) in [6.07, 6.45) is 5.75. The summed E-state index contributed by atoms with van der Waals surface area (Å²) in [5.74, 6) is 0.219. The average Bonchev–Trinajstić information content (AvgIpc) is 2.47. The topological polar surface area (TPSA) is 61.4 Å². The number of nitrogens with zero attached hydrogens (tertiary/aromatic N) is 1. The second kappa shape index (κ2) is 7.02. The van der Waals surface area contributed by atoms with E-state index < -0.39 is 10.0 Å². The summed E-state index contributed by atoms with van der Waals surface area (Å²) in [6, 6.07) is 1.08. The van der Waals surface area contributed by atoms with E-state index in [1.165, 1.54) is 19.3 Å². The molecule has 2 fully saturated rings. The van der Waals surface area contributed by atoms with Crippen LogP contribution >= 0.6 is 0 Å². The van der Waals surface area contributed by atoms with Crippen molar-refractivity contribution in [3.63, 3.8) is 0 Å². The Hall–Kier alpha value is -0.170. The zero-order chi connectivity index (χ0) is 13.7. The Morgan fingerprint density at radius 3 is 2.53 bits per heavy atom. The van der Waals surface area contributed by atoms with E-state index in [2.05, 4.69) is 10.6 Å². The lowest BCUT2D eigenvalue weighted by Gasteiger charge is -2.33. The van der Waals surface area contributed by atoms with Gasteiger partial charge in [0.2, 0.25) is 10.0 Å². The molecule has 0 amide bonds. The Morgan fingerprint density at radius 1 is 1.21 bits per heavy atom. The Labute approximate surface area is 117 Å². The van der Waals surface area contributed by atoms with Crippen molar-refractivity contribution in [2.45, 2.75) is 51.1 Å².